The zero-order valence-corrected chi connectivity index (χ0v) is 33.5. The van der Waals surface area contributed by atoms with Crippen LogP contribution in [0.4, 0.5) is 17.1 Å². The number of benzene rings is 3. The van der Waals surface area contributed by atoms with Crippen molar-refractivity contribution in [2.24, 2.45) is 0 Å². The van der Waals surface area contributed by atoms with Gasteiger partial charge in [-0.25, -0.2) is 5.57 Å². The molecule has 1 atom stereocenters. The summed E-state index contributed by atoms with van der Waals surface area (Å²) in [5, 5.41) is 4.00. The van der Waals surface area contributed by atoms with E-state index >= 15 is 0 Å². The molecule has 1 aliphatic rings. The van der Waals surface area contributed by atoms with Gasteiger partial charge in [-0.3, -0.25) is 6.08 Å². The Kier molecular flexibility index (Phi) is 15.2. The Labute approximate surface area is 302 Å². The number of nitrogens with zero attached hydrogens (tertiary/aromatic N) is 3. The third-order valence-electron chi connectivity index (χ3n) is 9.18. The van der Waals surface area contributed by atoms with Crippen LogP contribution in [0.5, 0.6) is 0 Å². The van der Waals surface area contributed by atoms with Crippen LogP contribution >= 0.6 is 0 Å². The van der Waals surface area contributed by atoms with Crippen LogP contribution in [0.15, 0.2) is 71.3 Å². The predicted octanol–water partition coefficient (Wildman–Crippen LogP) is -2.85. The number of anilines is 3. The van der Waals surface area contributed by atoms with Crippen LogP contribution in [0.1, 0.15) is 44.4 Å². The van der Waals surface area contributed by atoms with Crippen LogP contribution < -0.4 is 67.5 Å². The molecule has 0 amide bonds. The second-order valence-electron chi connectivity index (χ2n) is 12.6. The van der Waals surface area contributed by atoms with Gasteiger partial charge in [0, 0.05) is 59.3 Å². The molecule has 0 bridgehead atoms. The van der Waals surface area contributed by atoms with Gasteiger partial charge in [0.2, 0.25) is 0 Å². The first-order chi connectivity index (χ1) is 18.7. The van der Waals surface area contributed by atoms with Gasteiger partial charge in [0.15, 0.2) is 8.07 Å². The Hall–Kier alpha value is -1.66. The molecule has 0 spiro atoms. The van der Waals surface area contributed by atoms with Crippen molar-refractivity contribution in [2.75, 3.05) is 57.0 Å². The van der Waals surface area contributed by atoms with Gasteiger partial charge in [-0.1, -0.05) is 78.9 Å². The first kappa shape index (κ1) is 42.3. The number of rotatable bonds is 7. The van der Waals surface area contributed by atoms with Gasteiger partial charge >= 0.3 is 21.7 Å². The van der Waals surface area contributed by atoms with E-state index in [0.717, 1.165) is 0 Å². The molecule has 1 unspecified atom stereocenters. The average Bonchev–Trinajstić information content (AvgIpc) is 3.07. The van der Waals surface area contributed by atoms with Crippen molar-refractivity contribution in [3.05, 3.63) is 94.1 Å². The van der Waals surface area contributed by atoms with Crippen LogP contribution in [0.25, 0.3) is 0 Å². The van der Waals surface area contributed by atoms with E-state index in [2.05, 4.69) is 166 Å². The summed E-state index contributed by atoms with van der Waals surface area (Å²) in [7, 11) is 10.1. The topological polar surface area (TPSA) is 9.72 Å². The maximum atomic E-state index is 4.17. The summed E-state index contributed by atoms with van der Waals surface area (Å²) in [5.74, 6) is 0. The fourth-order valence-corrected chi connectivity index (χ4v) is 13.9. The monoisotopic (exact) mass is 703 g/mol. The van der Waals surface area contributed by atoms with Crippen molar-refractivity contribution in [3.8, 4) is 0 Å². The standard InChI is InChI=1S/C36H48N3Si.3ClH.Ti/c1-24-14-17-30(37(8)9)33(20-24)40(36(7)23-27(4)28(5)29(36)6,34-21-25(2)15-18-31(34)38(10)11)35-22-26(3)16-19-32(35)39(12)13;;;;/h14-22H,1-13H3;3*1H;/q-1;;;;+4/p-3. The minimum atomic E-state index is -2.99. The van der Waals surface area contributed by atoms with Crippen LogP contribution in [-0.4, -0.2) is 50.4 Å². The summed E-state index contributed by atoms with van der Waals surface area (Å²) in [5.41, 5.74) is 11.8. The molecular weight excluding hydrogens is 657 g/mol. The van der Waals surface area contributed by atoms with E-state index in [1.165, 1.54) is 66.0 Å². The van der Waals surface area contributed by atoms with E-state index in [1.807, 2.05) is 0 Å². The molecule has 0 N–H and O–H groups in total. The van der Waals surface area contributed by atoms with E-state index in [-0.39, 0.29) is 64.0 Å². The van der Waals surface area contributed by atoms with Crippen molar-refractivity contribution >= 4 is 40.7 Å². The van der Waals surface area contributed by atoms with Gasteiger partial charge in [-0.15, -0.1) is 6.92 Å². The zero-order chi connectivity index (χ0) is 29.7. The van der Waals surface area contributed by atoms with E-state index in [0.29, 0.717) is 0 Å². The smallest absolute Gasteiger partial charge is 1.00 e. The van der Waals surface area contributed by atoms with Crippen molar-refractivity contribution in [2.45, 2.75) is 53.5 Å². The quantitative estimate of drug-likeness (QED) is 0.149. The van der Waals surface area contributed by atoms with E-state index in [9.17, 15) is 0 Å². The fraction of sp³-hybridized carbons (Fsp3) is 0.389. The Balaban J connectivity index is 0.00000462. The molecular formula is C36H48Cl3N3SiTi. The number of halogens is 3. The first-order valence-corrected chi connectivity index (χ1v) is 16.3. The van der Waals surface area contributed by atoms with Gasteiger partial charge in [0.05, 0.1) is 0 Å². The molecule has 0 heterocycles. The van der Waals surface area contributed by atoms with Gasteiger partial charge in [-0.2, -0.15) is 11.1 Å². The molecule has 8 heteroatoms. The van der Waals surface area contributed by atoms with Crippen LogP contribution in [0, 0.1) is 26.8 Å². The third kappa shape index (κ3) is 6.87. The molecule has 0 radical (unpaired) electrons. The van der Waals surface area contributed by atoms with Crippen LogP contribution in [-0.2, 0) is 21.7 Å². The summed E-state index contributed by atoms with van der Waals surface area (Å²) in [6, 6.07) is 21.3. The molecule has 44 heavy (non-hydrogen) atoms. The number of hydrogen-bond donors (Lipinski definition) is 0. The van der Waals surface area contributed by atoms with Crippen LogP contribution in [0.3, 0.4) is 0 Å². The second-order valence-corrected chi connectivity index (χ2v) is 16.7. The molecule has 0 aliphatic heterocycles. The molecule has 4 rings (SSSR count). The molecule has 3 aromatic carbocycles. The number of hydrogen-bond acceptors (Lipinski definition) is 3. The van der Waals surface area contributed by atoms with Gasteiger partial charge in [-0.05, 0) is 54.5 Å². The van der Waals surface area contributed by atoms with Gasteiger partial charge in [0.1, 0.15) is 0 Å². The maximum Gasteiger partial charge on any atom is 4.00 e. The molecule has 3 aromatic rings. The SMILES string of the molecule is CC1=[C-]C(C)([Si](c2cc(C)ccc2N(C)C)(c2cc(C)ccc2N(C)C)c2cc(C)ccc2N(C)C)C(C)=C1C.[Cl-].[Cl-].[Cl-].[Ti+4]. The van der Waals surface area contributed by atoms with Crippen molar-refractivity contribution in [1.82, 2.24) is 0 Å². The minimum Gasteiger partial charge on any atom is -1.00 e. The summed E-state index contributed by atoms with van der Waals surface area (Å²) < 4.78 is 0. The predicted molar refractivity (Wildman–Crippen MR) is 180 cm³/mol. The average molecular weight is 705 g/mol. The zero-order valence-electron chi connectivity index (χ0n) is 28.7. The summed E-state index contributed by atoms with van der Waals surface area (Å²) in [6.45, 7) is 16.1. The Morgan fingerprint density at radius 1 is 0.545 bits per heavy atom. The Morgan fingerprint density at radius 3 is 1.07 bits per heavy atom. The van der Waals surface area contributed by atoms with E-state index < -0.39 is 8.07 Å². The maximum absolute atomic E-state index is 4.17. The molecule has 3 nitrogen and oxygen atoms in total. The normalized spacial score (nSPS) is 15.7. The largest absolute Gasteiger partial charge is 4.00 e. The fourth-order valence-electron chi connectivity index (χ4n) is 6.86. The molecule has 0 fully saturated rings. The number of aryl methyl sites for hydroxylation is 3. The van der Waals surface area contributed by atoms with Crippen molar-refractivity contribution in [1.29, 1.82) is 0 Å². The molecule has 1 aliphatic carbocycles. The summed E-state index contributed by atoms with van der Waals surface area (Å²) in [6.07, 6.45) is 4.17. The molecule has 0 saturated carbocycles. The van der Waals surface area contributed by atoms with Gasteiger partial charge < -0.3 is 51.9 Å². The van der Waals surface area contributed by atoms with Crippen molar-refractivity contribution < 1.29 is 58.9 Å². The Bertz CT molecular complexity index is 1390. The molecule has 0 saturated heterocycles. The number of allylic oxidation sites excluding steroid dienone is 4. The van der Waals surface area contributed by atoms with Crippen LogP contribution in [0.2, 0.25) is 5.04 Å². The van der Waals surface area contributed by atoms with Crippen molar-refractivity contribution in [3.63, 3.8) is 0 Å². The third-order valence-corrected chi connectivity index (χ3v) is 14.8. The second kappa shape index (κ2) is 15.8. The van der Waals surface area contributed by atoms with E-state index in [1.54, 1.807) is 0 Å². The first-order valence-electron chi connectivity index (χ1n) is 14.3. The minimum absolute atomic E-state index is 0. The summed E-state index contributed by atoms with van der Waals surface area (Å²) >= 11 is 0. The summed E-state index contributed by atoms with van der Waals surface area (Å²) in [4.78, 5) is 6.94. The molecule has 236 valence electrons. The Morgan fingerprint density at radius 2 is 0.841 bits per heavy atom. The van der Waals surface area contributed by atoms with E-state index in [4.69, 9.17) is 0 Å². The molecule has 0 aromatic heterocycles. The van der Waals surface area contributed by atoms with Gasteiger partial charge in [0.25, 0.3) is 0 Å².